The molecule has 8 heteroatoms. The zero-order valence-electron chi connectivity index (χ0n) is 11.9. The van der Waals surface area contributed by atoms with Gasteiger partial charge in [0, 0.05) is 18.0 Å². The largest absolute Gasteiger partial charge is 0.374 e. The minimum atomic E-state index is -2.45. The fraction of sp³-hybridized carbons (Fsp3) is 0.667. The summed E-state index contributed by atoms with van der Waals surface area (Å²) in [7, 11) is 0. The molecule has 114 valence electrons. The van der Waals surface area contributed by atoms with Gasteiger partial charge in [-0.25, -0.2) is 24.6 Å². The van der Waals surface area contributed by atoms with Crippen molar-refractivity contribution in [2.24, 2.45) is 5.84 Å². The molecule has 0 aliphatic carbocycles. The van der Waals surface area contributed by atoms with E-state index < -0.39 is 13.0 Å². The Morgan fingerprint density at radius 2 is 1.90 bits per heavy atom. The van der Waals surface area contributed by atoms with Gasteiger partial charge >= 0.3 is 0 Å². The first-order valence-electron chi connectivity index (χ1n) is 6.40. The van der Waals surface area contributed by atoms with Crippen LogP contribution in [0.1, 0.15) is 31.2 Å². The number of hydrogen-bond donors (Lipinski definition) is 3. The van der Waals surface area contributed by atoms with Crippen molar-refractivity contribution < 1.29 is 13.5 Å². The van der Waals surface area contributed by atoms with Gasteiger partial charge in [0.15, 0.2) is 0 Å². The molecule has 0 unspecified atom stereocenters. The SMILES string of the molecule is Cc1c(NN)nc(C(C)C)nc1NCCOCC(F)F. The van der Waals surface area contributed by atoms with Crippen LogP contribution in [0.5, 0.6) is 0 Å². The number of halogens is 2. The summed E-state index contributed by atoms with van der Waals surface area (Å²) in [5.41, 5.74) is 3.30. The Kier molecular flexibility index (Phi) is 6.53. The van der Waals surface area contributed by atoms with Gasteiger partial charge in [-0.15, -0.1) is 0 Å². The van der Waals surface area contributed by atoms with Crippen LogP contribution >= 0.6 is 0 Å². The van der Waals surface area contributed by atoms with Crippen molar-refractivity contribution in [3.05, 3.63) is 11.4 Å². The van der Waals surface area contributed by atoms with Gasteiger partial charge in [-0.3, -0.25) is 0 Å². The van der Waals surface area contributed by atoms with Crippen LogP contribution < -0.4 is 16.6 Å². The number of anilines is 2. The Labute approximate surface area is 117 Å². The highest BCUT2D eigenvalue weighted by Crippen LogP contribution is 2.22. The van der Waals surface area contributed by atoms with E-state index in [4.69, 9.17) is 10.6 Å². The third kappa shape index (κ3) is 4.86. The lowest BCUT2D eigenvalue weighted by molar-refractivity contribution is 0.0214. The molecule has 6 nitrogen and oxygen atoms in total. The van der Waals surface area contributed by atoms with Crippen molar-refractivity contribution in [3.63, 3.8) is 0 Å². The van der Waals surface area contributed by atoms with Gasteiger partial charge in [0.2, 0.25) is 0 Å². The number of hydrazine groups is 1. The number of nitrogens with zero attached hydrogens (tertiary/aromatic N) is 2. The number of aromatic nitrogens is 2. The minimum Gasteiger partial charge on any atom is -0.374 e. The fourth-order valence-corrected chi connectivity index (χ4v) is 1.52. The molecule has 0 amide bonds. The number of alkyl halides is 2. The molecule has 0 fully saturated rings. The standard InChI is InChI=1S/C12H21F2N5O/c1-7(2)10-17-11(8(3)12(18-10)19-15)16-4-5-20-6-9(13)14/h7,9H,4-6,15H2,1-3H3,(H2,16,17,18,19). The molecule has 20 heavy (non-hydrogen) atoms. The monoisotopic (exact) mass is 289 g/mol. The Hall–Kier alpha value is -1.54. The molecule has 1 aromatic rings. The van der Waals surface area contributed by atoms with E-state index in [1.807, 2.05) is 20.8 Å². The first-order chi connectivity index (χ1) is 9.45. The predicted octanol–water partition coefficient (Wildman–Crippen LogP) is 1.89. The van der Waals surface area contributed by atoms with Gasteiger partial charge in [0.05, 0.1) is 6.61 Å². The van der Waals surface area contributed by atoms with Crippen molar-refractivity contribution in [2.45, 2.75) is 33.1 Å². The molecule has 0 aliphatic rings. The number of rotatable bonds is 8. The van der Waals surface area contributed by atoms with E-state index in [9.17, 15) is 8.78 Å². The molecule has 0 bridgehead atoms. The van der Waals surface area contributed by atoms with Crippen LogP contribution in [0.25, 0.3) is 0 Å². The summed E-state index contributed by atoms with van der Waals surface area (Å²) in [5.74, 6) is 7.39. The average Bonchev–Trinajstić information content (AvgIpc) is 2.39. The molecule has 0 aromatic carbocycles. The van der Waals surface area contributed by atoms with E-state index in [-0.39, 0.29) is 12.5 Å². The topological polar surface area (TPSA) is 85.1 Å². The molecule has 1 rings (SSSR count). The quantitative estimate of drug-likeness (QED) is 0.385. The van der Waals surface area contributed by atoms with Crippen molar-refractivity contribution in [2.75, 3.05) is 30.5 Å². The highest BCUT2D eigenvalue weighted by Gasteiger charge is 2.12. The molecule has 0 saturated heterocycles. The summed E-state index contributed by atoms with van der Waals surface area (Å²) in [5, 5.41) is 3.04. The second-order valence-electron chi connectivity index (χ2n) is 4.60. The summed E-state index contributed by atoms with van der Waals surface area (Å²) in [6, 6.07) is 0. The first-order valence-corrected chi connectivity index (χ1v) is 6.40. The van der Waals surface area contributed by atoms with E-state index >= 15 is 0 Å². The summed E-state index contributed by atoms with van der Waals surface area (Å²) < 4.78 is 28.6. The van der Waals surface area contributed by atoms with Crippen LogP contribution in [-0.2, 0) is 4.74 Å². The molecule has 0 radical (unpaired) electrons. The molecule has 0 atom stereocenters. The molecule has 4 N–H and O–H groups in total. The van der Waals surface area contributed by atoms with Crippen molar-refractivity contribution in [1.82, 2.24) is 9.97 Å². The van der Waals surface area contributed by atoms with Crippen LogP contribution in [0.15, 0.2) is 0 Å². The maximum Gasteiger partial charge on any atom is 0.261 e. The van der Waals surface area contributed by atoms with Gasteiger partial charge in [0.1, 0.15) is 24.1 Å². The van der Waals surface area contributed by atoms with Crippen LogP contribution in [0.4, 0.5) is 20.4 Å². The third-order valence-corrected chi connectivity index (χ3v) is 2.60. The molecule has 0 spiro atoms. The molecule has 1 heterocycles. The number of nitrogens with two attached hydrogens (primary N) is 1. The van der Waals surface area contributed by atoms with Gasteiger partial charge in [-0.2, -0.15) is 0 Å². The number of nitrogens with one attached hydrogen (secondary N) is 2. The van der Waals surface area contributed by atoms with Crippen LogP contribution in [0.3, 0.4) is 0 Å². The normalized spacial score (nSPS) is 11.2. The Bertz CT molecular complexity index is 429. The van der Waals surface area contributed by atoms with E-state index in [1.165, 1.54) is 0 Å². The number of nitrogen functional groups attached to an aromatic ring is 1. The second-order valence-corrected chi connectivity index (χ2v) is 4.60. The number of hydrogen-bond acceptors (Lipinski definition) is 6. The maximum absolute atomic E-state index is 11.9. The molecule has 1 aromatic heterocycles. The van der Waals surface area contributed by atoms with E-state index in [2.05, 4.69) is 20.7 Å². The summed E-state index contributed by atoms with van der Waals surface area (Å²) in [6.45, 7) is 5.77. The lowest BCUT2D eigenvalue weighted by Crippen LogP contribution is -2.18. The van der Waals surface area contributed by atoms with E-state index in [1.54, 1.807) is 0 Å². The fourth-order valence-electron chi connectivity index (χ4n) is 1.52. The third-order valence-electron chi connectivity index (χ3n) is 2.60. The summed E-state index contributed by atoms with van der Waals surface area (Å²) in [6.07, 6.45) is -2.45. The lowest BCUT2D eigenvalue weighted by atomic mass is 10.2. The maximum atomic E-state index is 11.9. The van der Waals surface area contributed by atoms with Crippen molar-refractivity contribution >= 4 is 11.6 Å². The zero-order chi connectivity index (χ0) is 15.1. The first kappa shape index (κ1) is 16.5. The van der Waals surface area contributed by atoms with E-state index in [0.717, 1.165) is 5.56 Å². The lowest BCUT2D eigenvalue weighted by Gasteiger charge is -2.15. The smallest absolute Gasteiger partial charge is 0.261 e. The zero-order valence-corrected chi connectivity index (χ0v) is 11.9. The summed E-state index contributed by atoms with van der Waals surface area (Å²) >= 11 is 0. The molecule has 0 aliphatic heterocycles. The predicted molar refractivity (Wildman–Crippen MR) is 74.0 cm³/mol. The Balaban J connectivity index is 2.66. The molecular formula is C12H21F2N5O. The second kappa shape index (κ2) is 7.91. The highest BCUT2D eigenvalue weighted by molar-refractivity contribution is 5.56. The van der Waals surface area contributed by atoms with Crippen LogP contribution in [0, 0.1) is 6.92 Å². The van der Waals surface area contributed by atoms with Gasteiger partial charge in [-0.05, 0) is 6.92 Å². The minimum absolute atomic E-state index is 0.151. The van der Waals surface area contributed by atoms with Crippen LogP contribution in [-0.4, -0.2) is 36.2 Å². The molecular weight excluding hydrogens is 268 g/mol. The molecule has 0 saturated carbocycles. The Morgan fingerprint density at radius 1 is 1.25 bits per heavy atom. The van der Waals surface area contributed by atoms with Gasteiger partial charge in [0.25, 0.3) is 6.43 Å². The van der Waals surface area contributed by atoms with Gasteiger partial charge < -0.3 is 15.5 Å². The van der Waals surface area contributed by atoms with E-state index in [0.29, 0.717) is 24.0 Å². The average molecular weight is 289 g/mol. The highest BCUT2D eigenvalue weighted by atomic mass is 19.3. The van der Waals surface area contributed by atoms with Crippen molar-refractivity contribution in [1.29, 1.82) is 0 Å². The Morgan fingerprint density at radius 3 is 2.45 bits per heavy atom. The number of ether oxygens (including phenoxy) is 1. The van der Waals surface area contributed by atoms with Crippen LogP contribution in [0.2, 0.25) is 0 Å². The van der Waals surface area contributed by atoms with Crippen molar-refractivity contribution in [3.8, 4) is 0 Å². The van der Waals surface area contributed by atoms with Gasteiger partial charge in [-0.1, -0.05) is 13.8 Å². The summed E-state index contributed by atoms with van der Waals surface area (Å²) in [4.78, 5) is 8.69.